The molecule has 22 heavy (non-hydrogen) atoms. The van der Waals surface area contributed by atoms with E-state index >= 15 is 0 Å². The molecule has 0 radical (unpaired) electrons. The van der Waals surface area contributed by atoms with Crippen molar-refractivity contribution in [1.82, 2.24) is 0 Å². The quantitative estimate of drug-likeness (QED) is 0.915. The van der Waals surface area contributed by atoms with E-state index in [9.17, 15) is 13.2 Å². The first-order valence-corrected chi connectivity index (χ1v) is 8.92. The molecular weight excluding hydrogens is 322 g/mol. The fourth-order valence-electron chi connectivity index (χ4n) is 2.54. The number of anilines is 1. The number of benzene rings is 2. The second-order valence-corrected chi connectivity index (χ2v) is 7.66. The van der Waals surface area contributed by atoms with Gasteiger partial charge in [-0.15, -0.1) is 0 Å². The fourth-order valence-corrected chi connectivity index (χ4v) is 4.30. The summed E-state index contributed by atoms with van der Waals surface area (Å²) in [5.41, 5.74) is 1.66. The lowest BCUT2D eigenvalue weighted by atomic mass is 10.1. The first kappa shape index (κ1) is 15.1. The minimum atomic E-state index is -3.20. The number of rotatable bonds is 2. The molecule has 0 saturated carbocycles. The van der Waals surface area contributed by atoms with E-state index in [1.54, 1.807) is 30.3 Å². The molecule has 3 rings (SSSR count). The van der Waals surface area contributed by atoms with Crippen LogP contribution in [0.1, 0.15) is 22.3 Å². The summed E-state index contributed by atoms with van der Waals surface area (Å²) in [7, 11) is -3.20. The van der Waals surface area contributed by atoms with Gasteiger partial charge in [0.15, 0.2) is 9.84 Å². The van der Waals surface area contributed by atoms with E-state index in [0.717, 1.165) is 0 Å². The van der Waals surface area contributed by atoms with Crippen LogP contribution in [0, 0.1) is 0 Å². The molecule has 0 atom stereocenters. The van der Waals surface area contributed by atoms with Gasteiger partial charge in [0.25, 0.3) is 5.91 Å². The average Bonchev–Trinajstić information content (AvgIpc) is 2.49. The Labute approximate surface area is 134 Å². The summed E-state index contributed by atoms with van der Waals surface area (Å²) in [6, 6.07) is 11.7. The first-order chi connectivity index (χ1) is 10.5. The third-order valence-electron chi connectivity index (χ3n) is 3.64. The molecule has 4 nitrogen and oxygen atoms in total. The third-order valence-corrected chi connectivity index (χ3v) is 5.86. The normalized spacial score (nSPS) is 15.9. The van der Waals surface area contributed by atoms with Crippen molar-refractivity contribution in [2.75, 3.05) is 11.1 Å². The van der Waals surface area contributed by atoms with E-state index in [1.807, 2.05) is 0 Å². The van der Waals surface area contributed by atoms with Gasteiger partial charge in [-0.2, -0.15) is 0 Å². The summed E-state index contributed by atoms with van der Waals surface area (Å²) in [4.78, 5) is 12.6. The number of fused-ring (bicyclic) bond motifs is 1. The van der Waals surface area contributed by atoms with Gasteiger partial charge >= 0.3 is 0 Å². The molecule has 1 amide bonds. The lowest BCUT2D eigenvalue weighted by molar-refractivity contribution is 0.102. The summed E-state index contributed by atoms with van der Waals surface area (Å²) in [6.07, 6.45) is 1.26. The van der Waals surface area contributed by atoms with Crippen LogP contribution in [0.5, 0.6) is 0 Å². The summed E-state index contributed by atoms with van der Waals surface area (Å²) >= 11 is 6.01. The van der Waals surface area contributed by atoms with Crippen molar-refractivity contribution >= 4 is 33.0 Å². The van der Waals surface area contributed by atoms with Gasteiger partial charge in [0.2, 0.25) is 0 Å². The molecule has 6 heteroatoms. The molecule has 114 valence electrons. The largest absolute Gasteiger partial charge is 0.321 e. The Morgan fingerprint density at radius 3 is 2.68 bits per heavy atom. The molecule has 1 aliphatic heterocycles. The number of halogens is 1. The topological polar surface area (TPSA) is 63.2 Å². The molecule has 1 heterocycles. The highest BCUT2D eigenvalue weighted by molar-refractivity contribution is 7.91. The zero-order valence-corrected chi connectivity index (χ0v) is 13.2. The smallest absolute Gasteiger partial charge is 0.255 e. The van der Waals surface area contributed by atoms with Gasteiger partial charge in [0.05, 0.1) is 21.4 Å². The number of para-hydroxylation sites is 1. The lowest BCUT2D eigenvalue weighted by Crippen LogP contribution is -2.18. The monoisotopic (exact) mass is 335 g/mol. The number of aryl methyl sites for hydroxylation is 1. The second-order valence-electron chi connectivity index (χ2n) is 5.18. The van der Waals surface area contributed by atoms with Crippen molar-refractivity contribution in [2.24, 2.45) is 0 Å². The van der Waals surface area contributed by atoms with E-state index < -0.39 is 9.84 Å². The van der Waals surface area contributed by atoms with Gasteiger partial charge in [0, 0.05) is 5.56 Å². The third kappa shape index (κ3) is 2.87. The number of hydrogen-bond acceptors (Lipinski definition) is 3. The van der Waals surface area contributed by atoms with Crippen LogP contribution >= 0.6 is 11.6 Å². The minimum Gasteiger partial charge on any atom is -0.321 e. The molecule has 2 aromatic rings. The van der Waals surface area contributed by atoms with Crippen LogP contribution < -0.4 is 5.32 Å². The van der Waals surface area contributed by atoms with Crippen molar-refractivity contribution in [2.45, 2.75) is 17.7 Å². The van der Waals surface area contributed by atoms with Crippen LogP contribution in [0.15, 0.2) is 47.4 Å². The predicted molar refractivity (Wildman–Crippen MR) is 86.2 cm³/mol. The average molecular weight is 336 g/mol. The van der Waals surface area contributed by atoms with Crippen molar-refractivity contribution in [3.63, 3.8) is 0 Å². The van der Waals surface area contributed by atoms with Crippen molar-refractivity contribution < 1.29 is 13.2 Å². The Hall–Kier alpha value is -1.85. The predicted octanol–water partition coefficient (Wildman–Crippen LogP) is 3.31. The van der Waals surface area contributed by atoms with Gasteiger partial charge in [0.1, 0.15) is 0 Å². The van der Waals surface area contributed by atoms with Crippen LogP contribution in [0.2, 0.25) is 5.02 Å². The van der Waals surface area contributed by atoms with Gasteiger partial charge in [-0.1, -0.05) is 23.7 Å². The number of sulfone groups is 1. The van der Waals surface area contributed by atoms with Crippen LogP contribution in [0.3, 0.4) is 0 Å². The van der Waals surface area contributed by atoms with Crippen LogP contribution in [0.4, 0.5) is 5.69 Å². The molecular formula is C16H14ClNO3S. The Kier molecular flexibility index (Phi) is 3.93. The molecule has 0 aromatic heterocycles. The molecule has 2 aromatic carbocycles. The van der Waals surface area contributed by atoms with Crippen LogP contribution in [0.25, 0.3) is 0 Å². The van der Waals surface area contributed by atoms with Crippen LogP contribution in [-0.2, 0) is 16.3 Å². The second kappa shape index (κ2) is 5.74. The molecule has 1 aliphatic rings. The molecule has 0 spiro atoms. The minimum absolute atomic E-state index is 0.172. The number of carbonyl (C=O) groups is 1. The summed E-state index contributed by atoms with van der Waals surface area (Å²) in [5.74, 6) is -0.135. The first-order valence-electron chi connectivity index (χ1n) is 6.89. The maximum absolute atomic E-state index is 12.3. The van der Waals surface area contributed by atoms with Gasteiger partial charge in [-0.25, -0.2) is 8.42 Å². The molecule has 0 saturated heterocycles. The zero-order valence-electron chi connectivity index (χ0n) is 11.7. The van der Waals surface area contributed by atoms with Crippen molar-refractivity contribution in [1.29, 1.82) is 0 Å². The highest BCUT2D eigenvalue weighted by Crippen LogP contribution is 2.27. The molecule has 0 bridgehead atoms. The number of nitrogens with one attached hydrogen (secondary N) is 1. The van der Waals surface area contributed by atoms with E-state index in [4.69, 9.17) is 11.6 Å². The summed E-state index contributed by atoms with van der Waals surface area (Å²) in [5, 5.41) is 3.19. The zero-order chi connectivity index (χ0) is 15.7. The highest BCUT2D eigenvalue weighted by Gasteiger charge is 2.24. The lowest BCUT2D eigenvalue weighted by Gasteiger charge is -2.17. The fraction of sp³-hybridized carbons (Fsp3) is 0.188. The summed E-state index contributed by atoms with van der Waals surface area (Å²) in [6.45, 7) is 0. The maximum Gasteiger partial charge on any atom is 0.255 e. The Balaban J connectivity index is 1.90. The van der Waals surface area contributed by atoms with Gasteiger partial charge in [-0.05, 0) is 48.7 Å². The van der Waals surface area contributed by atoms with Crippen molar-refractivity contribution in [3.05, 3.63) is 58.6 Å². The molecule has 0 unspecified atom stereocenters. The standard InChI is InChI=1S/C16H14ClNO3S/c17-13-5-1-2-6-14(13)18-16(19)12-7-8-15-11(10-12)4-3-9-22(15,20)21/h1-2,5-8,10H,3-4,9H2,(H,18,19). The highest BCUT2D eigenvalue weighted by atomic mass is 35.5. The summed E-state index contributed by atoms with van der Waals surface area (Å²) < 4.78 is 23.9. The SMILES string of the molecule is O=C(Nc1ccccc1Cl)c1ccc2c(c1)CCCS2(=O)=O. The Morgan fingerprint density at radius 1 is 1.14 bits per heavy atom. The van der Waals surface area contributed by atoms with Gasteiger partial charge in [-0.3, -0.25) is 4.79 Å². The number of amides is 1. The Morgan fingerprint density at radius 2 is 1.91 bits per heavy atom. The van der Waals surface area contributed by atoms with Crippen molar-refractivity contribution in [3.8, 4) is 0 Å². The number of hydrogen-bond donors (Lipinski definition) is 1. The Bertz CT molecular complexity index is 846. The molecule has 0 fully saturated rings. The maximum atomic E-state index is 12.3. The molecule has 1 N–H and O–H groups in total. The van der Waals surface area contributed by atoms with E-state index in [2.05, 4.69) is 5.32 Å². The van der Waals surface area contributed by atoms with Crippen LogP contribution in [-0.4, -0.2) is 20.1 Å². The molecule has 0 aliphatic carbocycles. The van der Waals surface area contributed by atoms with E-state index in [-0.39, 0.29) is 11.7 Å². The van der Waals surface area contributed by atoms with E-state index in [0.29, 0.717) is 39.6 Å². The van der Waals surface area contributed by atoms with Gasteiger partial charge < -0.3 is 5.32 Å². The van der Waals surface area contributed by atoms with E-state index in [1.165, 1.54) is 12.1 Å². The number of carbonyl (C=O) groups excluding carboxylic acids is 1.